The van der Waals surface area contributed by atoms with Gasteiger partial charge in [0.25, 0.3) is 0 Å². The number of esters is 1. The molecule has 2 unspecified atom stereocenters. The van der Waals surface area contributed by atoms with Gasteiger partial charge in [-0.2, -0.15) is 0 Å². The standard InChI is InChI=1S/C12H13FO4/c1-16-11(15)5-8-7-3-2-4-9(13)12(7)17-10(8)6-14/h2-4,8,10,14H,5-6H2,1H3. The molecule has 1 aliphatic heterocycles. The second kappa shape index (κ2) is 4.71. The van der Waals surface area contributed by atoms with Crippen molar-refractivity contribution in [3.8, 4) is 5.75 Å². The summed E-state index contributed by atoms with van der Waals surface area (Å²) in [6.45, 7) is -0.268. The Balaban J connectivity index is 2.31. The first-order chi connectivity index (χ1) is 8.17. The molecule has 1 N–H and O–H groups in total. The SMILES string of the molecule is COC(=O)CC1c2cccc(F)c2OC1CO. The van der Waals surface area contributed by atoms with E-state index in [0.717, 1.165) is 0 Å². The van der Waals surface area contributed by atoms with Crippen LogP contribution in [0.2, 0.25) is 0 Å². The number of rotatable bonds is 3. The molecule has 0 bridgehead atoms. The fourth-order valence-electron chi connectivity index (χ4n) is 2.04. The van der Waals surface area contributed by atoms with Crippen LogP contribution in [0.1, 0.15) is 17.9 Å². The van der Waals surface area contributed by atoms with Crippen LogP contribution in [0.15, 0.2) is 18.2 Å². The van der Waals surface area contributed by atoms with Gasteiger partial charge in [0.15, 0.2) is 11.6 Å². The van der Waals surface area contributed by atoms with Gasteiger partial charge in [-0.3, -0.25) is 4.79 Å². The molecule has 0 spiro atoms. The van der Waals surface area contributed by atoms with Gasteiger partial charge in [0, 0.05) is 11.5 Å². The number of aliphatic hydroxyl groups excluding tert-OH is 1. The van der Waals surface area contributed by atoms with E-state index in [4.69, 9.17) is 4.74 Å². The molecule has 0 aromatic heterocycles. The molecule has 1 aromatic carbocycles. The summed E-state index contributed by atoms with van der Waals surface area (Å²) in [5.41, 5.74) is 0.606. The van der Waals surface area contributed by atoms with Gasteiger partial charge in [-0.05, 0) is 6.07 Å². The topological polar surface area (TPSA) is 55.8 Å². The van der Waals surface area contributed by atoms with Crippen LogP contribution in [0.25, 0.3) is 0 Å². The van der Waals surface area contributed by atoms with Crippen molar-refractivity contribution < 1.29 is 23.8 Å². The molecule has 0 radical (unpaired) electrons. The Bertz CT molecular complexity index is 433. The summed E-state index contributed by atoms with van der Waals surface area (Å²) in [6.07, 6.45) is -0.529. The van der Waals surface area contributed by atoms with E-state index in [1.807, 2.05) is 0 Å². The molecule has 0 saturated heterocycles. The lowest BCUT2D eigenvalue weighted by Gasteiger charge is -2.15. The fourth-order valence-corrected chi connectivity index (χ4v) is 2.04. The molecule has 1 aromatic rings. The second-order valence-corrected chi connectivity index (χ2v) is 3.88. The Morgan fingerprint density at radius 2 is 2.35 bits per heavy atom. The zero-order valence-electron chi connectivity index (χ0n) is 9.35. The largest absolute Gasteiger partial charge is 0.484 e. The summed E-state index contributed by atoms with van der Waals surface area (Å²) in [4.78, 5) is 11.3. The van der Waals surface area contributed by atoms with Gasteiger partial charge in [0.05, 0.1) is 20.1 Å². The number of halogens is 1. The summed E-state index contributed by atoms with van der Waals surface area (Å²) in [6, 6.07) is 4.54. The number of methoxy groups -OCH3 is 1. The predicted molar refractivity (Wildman–Crippen MR) is 57.3 cm³/mol. The van der Waals surface area contributed by atoms with E-state index < -0.39 is 17.9 Å². The van der Waals surface area contributed by atoms with Gasteiger partial charge in [0.2, 0.25) is 0 Å². The molecule has 0 aliphatic carbocycles. The van der Waals surface area contributed by atoms with E-state index in [1.165, 1.54) is 13.2 Å². The molecule has 1 aliphatic rings. The number of ether oxygens (including phenoxy) is 2. The van der Waals surface area contributed by atoms with Crippen molar-refractivity contribution in [1.82, 2.24) is 0 Å². The monoisotopic (exact) mass is 240 g/mol. The molecule has 2 rings (SSSR count). The highest BCUT2D eigenvalue weighted by molar-refractivity contribution is 5.71. The lowest BCUT2D eigenvalue weighted by Crippen LogP contribution is -2.25. The maximum absolute atomic E-state index is 13.5. The highest BCUT2D eigenvalue weighted by Crippen LogP contribution is 2.41. The summed E-state index contributed by atoms with van der Waals surface area (Å²) in [5, 5.41) is 9.19. The Labute approximate surface area is 98.0 Å². The molecule has 92 valence electrons. The van der Waals surface area contributed by atoms with Gasteiger partial charge < -0.3 is 14.6 Å². The van der Waals surface area contributed by atoms with Crippen LogP contribution in [0.4, 0.5) is 4.39 Å². The highest BCUT2D eigenvalue weighted by Gasteiger charge is 2.37. The fraction of sp³-hybridized carbons (Fsp3) is 0.417. The minimum atomic E-state index is -0.596. The molecular weight excluding hydrogens is 227 g/mol. The number of hydrogen-bond acceptors (Lipinski definition) is 4. The molecule has 0 amide bonds. The molecule has 2 atom stereocenters. The van der Waals surface area contributed by atoms with E-state index in [1.54, 1.807) is 12.1 Å². The van der Waals surface area contributed by atoms with E-state index in [-0.39, 0.29) is 24.7 Å². The maximum atomic E-state index is 13.5. The van der Waals surface area contributed by atoms with Crippen molar-refractivity contribution in [2.45, 2.75) is 18.4 Å². The minimum Gasteiger partial charge on any atom is -0.484 e. The average Bonchev–Trinajstić information content (AvgIpc) is 2.69. The van der Waals surface area contributed by atoms with Gasteiger partial charge in [0.1, 0.15) is 6.10 Å². The summed E-state index contributed by atoms with van der Waals surface area (Å²) in [5.74, 6) is -1.12. The van der Waals surface area contributed by atoms with Crippen LogP contribution in [-0.2, 0) is 9.53 Å². The van der Waals surface area contributed by atoms with E-state index >= 15 is 0 Å². The molecule has 0 saturated carbocycles. The van der Waals surface area contributed by atoms with E-state index in [9.17, 15) is 14.3 Å². The van der Waals surface area contributed by atoms with Crippen LogP contribution in [-0.4, -0.2) is 30.9 Å². The number of benzene rings is 1. The van der Waals surface area contributed by atoms with Crippen molar-refractivity contribution in [1.29, 1.82) is 0 Å². The van der Waals surface area contributed by atoms with Crippen molar-refractivity contribution >= 4 is 5.97 Å². The summed E-state index contributed by atoms with van der Waals surface area (Å²) in [7, 11) is 1.29. The lowest BCUT2D eigenvalue weighted by atomic mass is 9.92. The third-order valence-electron chi connectivity index (χ3n) is 2.91. The maximum Gasteiger partial charge on any atom is 0.306 e. The first-order valence-corrected chi connectivity index (χ1v) is 5.30. The summed E-state index contributed by atoms with van der Waals surface area (Å²) >= 11 is 0. The highest BCUT2D eigenvalue weighted by atomic mass is 19.1. The molecule has 17 heavy (non-hydrogen) atoms. The third kappa shape index (κ3) is 2.10. The van der Waals surface area contributed by atoms with Crippen LogP contribution >= 0.6 is 0 Å². The predicted octanol–water partition coefficient (Wildman–Crippen LogP) is 1.23. The molecule has 5 heteroatoms. The Morgan fingerprint density at radius 1 is 1.59 bits per heavy atom. The average molecular weight is 240 g/mol. The van der Waals surface area contributed by atoms with Gasteiger partial charge in [-0.15, -0.1) is 0 Å². The third-order valence-corrected chi connectivity index (χ3v) is 2.91. The minimum absolute atomic E-state index is 0.0676. The Kier molecular flexibility index (Phi) is 3.28. The molecule has 4 nitrogen and oxygen atoms in total. The quantitative estimate of drug-likeness (QED) is 0.807. The number of carbonyl (C=O) groups excluding carboxylic acids is 1. The van der Waals surface area contributed by atoms with Crippen LogP contribution in [0.5, 0.6) is 5.75 Å². The summed E-state index contributed by atoms with van der Waals surface area (Å²) < 4.78 is 23.4. The van der Waals surface area contributed by atoms with Crippen LogP contribution < -0.4 is 4.74 Å². The first kappa shape index (κ1) is 11.9. The molecular formula is C12H13FO4. The Morgan fingerprint density at radius 3 is 3.00 bits per heavy atom. The van der Waals surface area contributed by atoms with E-state index in [0.29, 0.717) is 5.56 Å². The van der Waals surface area contributed by atoms with Gasteiger partial charge in [-0.25, -0.2) is 4.39 Å². The second-order valence-electron chi connectivity index (χ2n) is 3.88. The molecule has 0 fully saturated rings. The van der Waals surface area contributed by atoms with Crippen LogP contribution in [0, 0.1) is 5.82 Å². The van der Waals surface area contributed by atoms with Gasteiger partial charge >= 0.3 is 5.97 Å². The number of para-hydroxylation sites is 1. The van der Waals surface area contributed by atoms with Crippen molar-refractivity contribution in [3.05, 3.63) is 29.6 Å². The Hall–Kier alpha value is -1.62. The van der Waals surface area contributed by atoms with Gasteiger partial charge in [-0.1, -0.05) is 12.1 Å². The van der Waals surface area contributed by atoms with Crippen molar-refractivity contribution in [2.75, 3.05) is 13.7 Å². The number of aliphatic hydroxyl groups is 1. The van der Waals surface area contributed by atoms with Crippen molar-refractivity contribution in [3.63, 3.8) is 0 Å². The number of hydrogen-bond donors (Lipinski definition) is 1. The van der Waals surface area contributed by atoms with Crippen molar-refractivity contribution in [2.24, 2.45) is 0 Å². The van der Waals surface area contributed by atoms with E-state index in [2.05, 4.69) is 4.74 Å². The first-order valence-electron chi connectivity index (χ1n) is 5.30. The number of fused-ring (bicyclic) bond motifs is 1. The molecule has 1 heterocycles. The smallest absolute Gasteiger partial charge is 0.306 e. The zero-order valence-corrected chi connectivity index (χ0v) is 9.35. The van der Waals surface area contributed by atoms with Crippen LogP contribution in [0.3, 0.4) is 0 Å². The number of carbonyl (C=O) groups is 1. The normalized spacial score (nSPS) is 21.8. The lowest BCUT2D eigenvalue weighted by molar-refractivity contribution is -0.141. The zero-order chi connectivity index (χ0) is 12.4.